The van der Waals surface area contributed by atoms with Crippen LogP contribution in [0.4, 0.5) is 0 Å². The highest BCUT2D eigenvalue weighted by molar-refractivity contribution is 5.43. The van der Waals surface area contributed by atoms with Crippen LogP contribution in [0.15, 0.2) is 24.3 Å². The van der Waals surface area contributed by atoms with E-state index < -0.39 is 11.5 Å². The molecule has 0 amide bonds. The van der Waals surface area contributed by atoms with E-state index in [4.69, 9.17) is 4.74 Å². The lowest BCUT2D eigenvalue weighted by atomic mass is 9.65. The van der Waals surface area contributed by atoms with E-state index in [9.17, 15) is 10.4 Å². The number of nitriles is 1. The maximum absolute atomic E-state index is 10.8. The minimum atomic E-state index is -0.743. The number of aryl methyl sites for hydroxylation is 1. The van der Waals surface area contributed by atoms with Gasteiger partial charge in [0.1, 0.15) is 5.41 Å². The van der Waals surface area contributed by atoms with Crippen molar-refractivity contribution in [2.75, 3.05) is 13.2 Å². The van der Waals surface area contributed by atoms with Gasteiger partial charge in [-0.3, -0.25) is 0 Å². The van der Waals surface area contributed by atoms with Crippen LogP contribution in [-0.4, -0.2) is 24.4 Å². The first-order valence-electron chi connectivity index (χ1n) is 7.03. The lowest BCUT2D eigenvalue weighted by Crippen LogP contribution is -2.45. The highest BCUT2D eigenvalue weighted by atomic mass is 16.5. The number of aliphatic hydroxyl groups excluding tert-OH is 1. The predicted octanol–water partition coefficient (Wildman–Crippen LogP) is 2.18. The van der Waals surface area contributed by atoms with Gasteiger partial charge in [0.15, 0.2) is 0 Å². The third-order valence-electron chi connectivity index (χ3n) is 4.63. The second-order valence-electron chi connectivity index (χ2n) is 5.66. The number of rotatable bonds is 2. The molecule has 19 heavy (non-hydrogen) atoms. The van der Waals surface area contributed by atoms with Gasteiger partial charge >= 0.3 is 0 Å². The Morgan fingerprint density at radius 1 is 1.42 bits per heavy atom. The number of aliphatic hydroxyl groups is 1. The summed E-state index contributed by atoms with van der Waals surface area (Å²) in [5, 5.41) is 20.5. The van der Waals surface area contributed by atoms with Crippen molar-refractivity contribution >= 4 is 0 Å². The van der Waals surface area contributed by atoms with Gasteiger partial charge in [0, 0.05) is 12.5 Å². The van der Waals surface area contributed by atoms with E-state index >= 15 is 0 Å². The fraction of sp³-hybridized carbons (Fsp3) is 0.562. The SMILES string of the molecule is N#CC1(C(O)C2CCOC2)CCCc2ccccc21. The van der Waals surface area contributed by atoms with Crippen molar-refractivity contribution in [3.8, 4) is 6.07 Å². The van der Waals surface area contributed by atoms with Gasteiger partial charge < -0.3 is 9.84 Å². The van der Waals surface area contributed by atoms with Crippen LogP contribution in [0.1, 0.15) is 30.4 Å². The van der Waals surface area contributed by atoms with Gasteiger partial charge in [-0.05, 0) is 36.8 Å². The topological polar surface area (TPSA) is 53.2 Å². The fourth-order valence-electron chi connectivity index (χ4n) is 3.56. The summed E-state index contributed by atoms with van der Waals surface area (Å²) >= 11 is 0. The second kappa shape index (κ2) is 4.96. The van der Waals surface area contributed by atoms with Crippen molar-refractivity contribution in [3.63, 3.8) is 0 Å². The zero-order chi connectivity index (χ0) is 13.3. The van der Waals surface area contributed by atoms with Gasteiger partial charge in [-0.2, -0.15) is 5.26 Å². The van der Waals surface area contributed by atoms with Crippen molar-refractivity contribution in [2.45, 2.75) is 37.2 Å². The molecule has 1 aliphatic heterocycles. The van der Waals surface area contributed by atoms with Gasteiger partial charge in [0.25, 0.3) is 0 Å². The number of nitrogens with zero attached hydrogens (tertiary/aromatic N) is 1. The largest absolute Gasteiger partial charge is 0.391 e. The monoisotopic (exact) mass is 257 g/mol. The molecule has 0 aromatic heterocycles. The number of benzene rings is 1. The van der Waals surface area contributed by atoms with Crippen molar-refractivity contribution in [3.05, 3.63) is 35.4 Å². The molecule has 3 rings (SSSR count). The van der Waals surface area contributed by atoms with Crippen LogP contribution < -0.4 is 0 Å². The minimum Gasteiger partial charge on any atom is -0.391 e. The summed E-state index contributed by atoms with van der Waals surface area (Å²) in [7, 11) is 0. The molecule has 3 nitrogen and oxygen atoms in total. The molecule has 3 atom stereocenters. The van der Waals surface area contributed by atoms with E-state index in [1.54, 1.807) is 0 Å². The van der Waals surface area contributed by atoms with Gasteiger partial charge in [-0.15, -0.1) is 0 Å². The maximum Gasteiger partial charge on any atom is 0.109 e. The number of fused-ring (bicyclic) bond motifs is 1. The first-order chi connectivity index (χ1) is 9.28. The number of hydrogen-bond donors (Lipinski definition) is 1. The summed E-state index contributed by atoms with van der Waals surface area (Å²) in [6, 6.07) is 10.5. The van der Waals surface area contributed by atoms with E-state index in [0.29, 0.717) is 13.2 Å². The summed E-state index contributed by atoms with van der Waals surface area (Å²) in [6.45, 7) is 1.28. The molecule has 3 unspecified atom stereocenters. The molecule has 1 aromatic rings. The smallest absolute Gasteiger partial charge is 0.109 e. The quantitative estimate of drug-likeness (QED) is 0.883. The predicted molar refractivity (Wildman–Crippen MR) is 71.6 cm³/mol. The normalized spacial score (nSPS) is 31.5. The molecule has 1 saturated heterocycles. The average Bonchev–Trinajstić information content (AvgIpc) is 3.00. The molecule has 1 heterocycles. The molecular formula is C16H19NO2. The molecule has 1 fully saturated rings. The van der Waals surface area contributed by atoms with Gasteiger partial charge in [0.05, 0.1) is 18.8 Å². The second-order valence-corrected chi connectivity index (χ2v) is 5.66. The van der Waals surface area contributed by atoms with Crippen LogP contribution in [0.25, 0.3) is 0 Å². The van der Waals surface area contributed by atoms with Crippen LogP contribution in [0.2, 0.25) is 0 Å². The Balaban J connectivity index is 2.02. The number of hydrogen-bond acceptors (Lipinski definition) is 3. The van der Waals surface area contributed by atoms with Crippen LogP contribution in [0.5, 0.6) is 0 Å². The maximum atomic E-state index is 10.8. The molecule has 3 heteroatoms. The first kappa shape index (κ1) is 12.7. The summed E-state index contributed by atoms with van der Waals surface area (Å²) in [6.07, 6.45) is 2.95. The Hall–Kier alpha value is -1.37. The molecule has 0 radical (unpaired) electrons. The zero-order valence-corrected chi connectivity index (χ0v) is 11.0. The van der Waals surface area contributed by atoms with Crippen LogP contribution in [0.3, 0.4) is 0 Å². The Labute approximate surface area is 113 Å². The molecule has 1 aromatic carbocycles. The molecule has 1 aliphatic carbocycles. The molecule has 100 valence electrons. The Bertz CT molecular complexity index is 502. The summed E-state index contributed by atoms with van der Waals surface area (Å²) in [4.78, 5) is 0. The highest BCUT2D eigenvalue weighted by Crippen LogP contribution is 2.43. The fourth-order valence-corrected chi connectivity index (χ4v) is 3.56. The summed E-state index contributed by atoms with van der Waals surface area (Å²) in [5.41, 5.74) is 1.50. The van der Waals surface area contributed by atoms with Gasteiger partial charge in [-0.25, -0.2) is 0 Å². The molecule has 0 saturated carbocycles. The van der Waals surface area contributed by atoms with E-state index in [1.807, 2.05) is 18.2 Å². The number of ether oxygens (including phenoxy) is 1. The standard InChI is InChI=1S/C16H19NO2/c17-11-16(15(18)13-7-9-19-10-13)8-3-5-12-4-1-2-6-14(12)16/h1-2,4,6,13,15,18H,3,5,7-10H2. The summed E-state index contributed by atoms with van der Waals surface area (Å²) in [5.74, 6) is 0.0887. The third-order valence-corrected chi connectivity index (χ3v) is 4.63. The Kier molecular flexibility index (Phi) is 3.30. The Morgan fingerprint density at radius 3 is 3.00 bits per heavy atom. The molecule has 0 spiro atoms. The zero-order valence-electron chi connectivity index (χ0n) is 11.0. The molecule has 1 N–H and O–H groups in total. The highest BCUT2D eigenvalue weighted by Gasteiger charge is 2.47. The van der Waals surface area contributed by atoms with Crippen LogP contribution in [0, 0.1) is 17.2 Å². The van der Waals surface area contributed by atoms with E-state index in [1.165, 1.54) is 5.56 Å². The minimum absolute atomic E-state index is 0.0887. The van der Waals surface area contributed by atoms with E-state index in [2.05, 4.69) is 12.1 Å². The van der Waals surface area contributed by atoms with Gasteiger partial charge in [-0.1, -0.05) is 24.3 Å². The Morgan fingerprint density at radius 2 is 2.26 bits per heavy atom. The van der Waals surface area contributed by atoms with Crippen molar-refractivity contribution in [1.82, 2.24) is 0 Å². The average molecular weight is 257 g/mol. The lowest BCUT2D eigenvalue weighted by Gasteiger charge is -2.39. The van der Waals surface area contributed by atoms with Crippen molar-refractivity contribution in [1.29, 1.82) is 5.26 Å². The molecular weight excluding hydrogens is 238 g/mol. The molecule has 2 aliphatic rings. The third kappa shape index (κ3) is 1.96. The van der Waals surface area contributed by atoms with Crippen molar-refractivity contribution < 1.29 is 9.84 Å². The van der Waals surface area contributed by atoms with Crippen LogP contribution in [-0.2, 0) is 16.6 Å². The lowest BCUT2D eigenvalue weighted by molar-refractivity contribution is 0.0374. The van der Waals surface area contributed by atoms with Gasteiger partial charge in [0.2, 0.25) is 0 Å². The van der Waals surface area contributed by atoms with E-state index in [-0.39, 0.29) is 5.92 Å². The first-order valence-corrected chi connectivity index (χ1v) is 7.03. The summed E-state index contributed by atoms with van der Waals surface area (Å²) < 4.78 is 5.38. The van der Waals surface area contributed by atoms with Crippen LogP contribution >= 0.6 is 0 Å². The van der Waals surface area contributed by atoms with Crippen molar-refractivity contribution in [2.24, 2.45) is 5.92 Å². The van der Waals surface area contributed by atoms with E-state index in [0.717, 1.165) is 31.2 Å². The molecule has 0 bridgehead atoms.